The molecule has 0 saturated carbocycles. The molecule has 12 heavy (non-hydrogen) atoms. The highest BCUT2D eigenvalue weighted by atomic mass is 127. The monoisotopic (exact) mass is 282 g/mol. The fourth-order valence-corrected chi connectivity index (χ4v) is 1.07. The Bertz CT molecular complexity index is 313. The molecule has 64 valence electrons. The van der Waals surface area contributed by atoms with Gasteiger partial charge in [0.05, 0.1) is 3.57 Å². The molecule has 1 rings (SSSR count). The van der Waals surface area contributed by atoms with Gasteiger partial charge >= 0.3 is 0 Å². The molecule has 0 unspecified atom stereocenters. The van der Waals surface area contributed by atoms with Crippen molar-refractivity contribution in [2.24, 2.45) is 0 Å². The van der Waals surface area contributed by atoms with Crippen LogP contribution in [-0.4, -0.2) is 5.78 Å². The van der Waals surface area contributed by atoms with Crippen molar-refractivity contribution in [3.05, 3.63) is 32.9 Å². The third-order valence-electron chi connectivity index (χ3n) is 1.39. The van der Waals surface area contributed by atoms with E-state index in [-0.39, 0.29) is 14.9 Å². The second-order valence-corrected chi connectivity index (χ2v) is 3.39. The zero-order valence-electron chi connectivity index (χ0n) is 6.20. The molecule has 0 fully saturated rings. The zero-order chi connectivity index (χ0) is 9.30. The maximum Gasteiger partial charge on any atom is 0.160 e. The van der Waals surface area contributed by atoms with Crippen LogP contribution in [0.2, 0.25) is 0 Å². The van der Waals surface area contributed by atoms with E-state index >= 15 is 0 Å². The SMILES string of the molecule is CC(=O)c1cc(F)c(I)c(F)c1. The first-order valence-corrected chi connectivity index (χ1v) is 4.25. The molecule has 0 radical (unpaired) electrons. The standard InChI is InChI=1S/C8H5F2IO/c1-4(12)5-2-6(9)8(11)7(10)3-5/h2-3H,1H3. The number of hydrogen-bond acceptors (Lipinski definition) is 1. The molecule has 0 atom stereocenters. The van der Waals surface area contributed by atoms with Gasteiger partial charge in [0.2, 0.25) is 0 Å². The van der Waals surface area contributed by atoms with Crippen LogP contribution in [0.4, 0.5) is 8.78 Å². The summed E-state index contributed by atoms with van der Waals surface area (Å²) in [5.41, 5.74) is 0.0606. The molecule has 0 bridgehead atoms. The Kier molecular flexibility index (Phi) is 2.76. The summed E-state index contributed by atoms with van der Waals surface area (Å²) in [6, 6.07) is 2.07. The van der Waals surface area contributed by atoms with Crippen molar-refractivity contribution in [2.75, 3.05) is 0 Å². The van der Waals surface area contributed by atoms with E-state index in [1.165, 1.54) is 6.92 Å². The molecule has 1 aromatic carbocycles. The Morgan fingerprint density at radius 2 is 1.75 bits per heavy atom. The summed E-state index contributed by atoms with van der Waals surface area (Å²) in [5.74, 6) is -1.73. The highest BCUT2D eigenvalue weighted by Gasteiger charge is 2.09. The Balaban J connectivity index is 3.31. The Morgan fingerprint density at radius 1 is 1.33 bits per heavy atom. The minimum atomic E-state index is -0.694. The number of benzene rings is 1. The summed E-state index contributed by atoms with van der Waals surface area (Å²) in [6.45, 7) is 1.26. The van der Waals surface area contributed by atoms with Gasteiger partial charge in [-0.3, -0.25) is 4.79 Å². The van der Waals surface area contributed by atoms with Crippen molar-refractivity contribution >= 4 is 28.4 Å². The normalized spacial score (nSPS) is 10.0. The van der Waals surface area contributed by atoms with Crippen LogP contribution in [0, 0.1) is 15.2 Å². The fourth-order valence-electron chi connectivity index (χ4n) is 0.759. The van der Waals surface area contributed by atoms with E-state index in [4.69, 9.17) is 0 Å². The number of carbonyl (C=O) groups is 1. The number of halogens is 3. The average molecular weight is 282 g/mol. The maximum atomic E-state index is 12.8. The van der Waals surface area contributed by atoms with Gasteiger partial charge in [0.25, 0.3) is 0 Å². The van der Waals surface area contributed by atoms with E-state index in [2.05, 4.69) is 0 Å². The van der Waals surface area contributed by atoms with Gasteiger partial charge < -0.3 is 0 Å². The van der Waals surface area contributed by atoms with Crippen LogP contribution >= 0.6 is 22.6 Å². The van der Waals surface area contributed by atoms with Crippen LogP contribution in [0.25, 0.3) is 0 Å². The minimum Gasteiger partial charge on any atom is -0.295 e. The van der Waals surface area contributed by atoms with E-state index in [1.54, 1.807) is 22.6 Å². The summed E-state index contributed by atoms with van der Waals surface area (Å²) >= 11 is 1.55. The van der Waals surface area contributed by atoms with Crippen LogP contribution in [0.5, 0.6) is 0 Å². The van der Waals surface area contributed by atoms with Crippen molar-refractivity contribution in [1.82, 2.24) is 0 Å². The largest absolute Gasteiger partial charge is 0.295 e. The van der Waals surface area contributed by atoms with E-state index < -0.39 is 11.6 Å². The van der Waals surface area contributed by atoms with Gasteiger partial charge in [-0.15, -0.1) is 0 Å². The van der Waals surface area contributed by atoms with E-state index in [0.717, 1.165) is 12.1 Å². The van der Waals surface area contributed by atoms with Gasteiger partial charge in [-0.25, -0.2) is 8.78 Å². The summed E-state index contributed by atoms with van der Waals surface area (Å²) < 4.78 is 25.5. The highest BCUT2D eigenvalue weighted by molar-refractivity contribution is 14.1. The van der Waals surface area contributed by atoms with E-state index in [9.17, 15) is 13.6 Å². The first-order valence-electron chi connectivity index (χ1n) is 3.18. The number of Topliss-reactive ketones (excluding diaryl/α,β-unsaturated/α-hetero) is 1. The lowest BCUT2D eigenvalue weighted by atomic mass is 10.1. The van der Waals surface area contributed by atoms with Gasteiger partial charge in [-0.1, -0.05) is 0 Å². The van der Waals surface area contributed by atoms with Crippen LogP contribution < -0.4 is 0 Å². The molecule has 1 aromatic rings. The second-order valence-electron chi connectivity index (χ2n) is 2.31. The number of rotatable bonds is 1. The molecule has 0 aromatic heterocycles. The number of carbonyl (C=O) groups excluding carboxylic acids is 1. The summed E-state index contributed by atoms with van der Waals surface area (Å²) in [4.78, 5) is 10.7. The lowest BCUT2D eigenvalue weighted by Gasteiger charge is -1.99. The van der Waals surface area contributed by atoms with Crippen LogP contribution in [0.15, 0.2) is 12.1 Å². The smallest absolute Gasteiger partial charge is 0.160 e. The molecular formula is C8H5F2IO. The molecule has 0 spiro atoms. The van der Waals surface area contributed by atoms with Crippen LogP contribution in [-0.2, 0) is 0 Å². The molecule has 0 N–H and O–H groups in total. The zero-order valence-corrected chi connectivity index (χ0v) is 8.35. The minimum absolute atomic E-state index is 0.0606. The molecule has 0 aliphatic heterocycles. The highest BCUT2D eigenvalue weighted by Crippen LogP contribution is 2.17. The number of ketones is 1. The van der Waals surface area contributed by atoms with Crippen LogP contribution in [0.3, 0.4) is 0 Å². The van der Waals surface area contributed by atoms with Crippen molar-refractivity contribution in [2.45, 2.75) is 6.92 Å². The quantitative estimate of drug-likeness (QED) is 0.440. The molecule has 1 nitrogen and oxygen atoms in total. The first kappa shape index (κ1) is 9.57. The molecule has 0 heterocycles. The van der Waals surface area contributed by atoms with E-state index in [0.29, 0.717) is 0 Å². The summed E-state index contributed by atoms with van der Waals surface area (Å²) in [7, 11) is 0. The van der Waals surface area contributed by atoms with E-state index in [1.807, 2.05) is 0 Å². The van der Waals surface area contributed by atoms with Crippen molar-refractivity contribution in [3.63, 3.8) is 0 Å². The number of hydrogen-bond donors (Lipinski definition) is 0. The molecule has 0 aliphatic carbocycles. The molecule has 0 amide bonds. The van der Waals surface area contributed by atoms with Crippen molar-refractivity contribution < 1.29 is 13.6 Å². The Labute approximate surface area is 81.9 Å². The third-order valence-corrected chi connectivity index (χ3v) is 2.42. The lowest BCUT2D eigenvalue weighted by Crippen LogP contribution is -1.97. The average Bonchev–Trinajstić information content (AvgIpc) is 1.99. The summed E-state index contributed by atoms with van der Waals surface area (Å²) in [5, 5.41) is 0. The predicted octanol–water partition coefficient (Wildman–Crippen LogP) is 2.77. The Hall–Kier alpha value is -0.520. The van der Waals surface area contributed by atoms with Gasteiger partial charge in [0, 0.05) is 5.56 Å². The lowest BCUT2D eigenvalue weighted by molar-refractivity contribution is 0.101. The van der Waals surface area contributed by atoms with Crippen molar-refractivity contribution in [3.8, 4) is 0 Å². The maximum absolute atomic E-state index is 12.8. The topological polar surface area (TPSA) is 17.1 Å². The first-order chi connectivity index (χ1) is 5.52. The van der Waals surface area contributed by atoms with Gasteiger partial charge in [0.1, 0.15) is 11.6 Å². The fraction of sp³-hybridized carbons (Fsp3) is 0.125. The van der Waals surface area contributed by atoms with Gasteiger partial charge in [-0.2, -0.15) is 0 Å². The van der Waals surface area contributed by atoms with Crippen molar-refractivity contribution in [1.29, 1.82) is 0 Å². The van der Waals surface area contributed by atoms with Gasteiger partial charge in [0.15, 0.2) is 5.78 Å². The molecule has 4 heteroatoms. The second kappa shape index (κ2) is 3.47. The predicted molar refractivity (Wildman–Crippen MR) is 49.1 cm³/mol. The van der Waals surface area contributed by atoms with Gasteiger partial charge in [-0.05, 0) is 41.6 Å². The molecular weight excluding hydrogens is 277 g/mol. The van der Waals surface area contributed by atoms with Crippen LogP contribution in [0.1, 0.15) is 17.3 Å². The summed E-state index contributed by atoms with van der Waals surface area (Å²) in [6.07, 6.45) is 0. The Morgan fingerprint density at radius 3 is 2.08 bits per heavy atom. The molecule has 0 saturated heterocycles. The third kappa shape index (κ3) is 1.80. The molecule has 0 aliphatic rings.